The molecule has 0 N–H and O–H groups in total. The summed E-state index contributed by atoms with van der Waals surface area (Å²) in [5, 5.41) is 0. The van der Waals surface area contributed by atoms with Gasteiger partial charge in [0, 0.05) is 12.6 Å². The summed E-state index contributed by atoms with van der Waals surface area (Å²) < 4.78 is 6.03. The van der Waals surface area contributed by atoms with E-state index in [0.717, 1.165) is 29.5 Å². The zero-order chi connectivity index (χ0) is 16.4. The van der Waals surface area contributed by atoms with E-state index in [0.29, 0.717) is 5.56 Å². The maximum atomic E-state index is 12.9. The Kier molecular flexibility index (Phi) is 4.71. The summed E-state index contributed by atoms with van der Waals surface area (Å²) in [5.74, 6) is 0.766. The number of carbonyl (C=O) groups is 1. The molecule has 23 heavy (non-hydrogen) atoms. The molecule has 0 fully saturated rings. The second kappa shape index (κ2) is 6.75. The predicted molar refractivity (Wildman–Crippen MR) is 94.9 cm³/mol. The lowest BCUT2D eigenvalue weighted by molar-refractivity contribution is 0.0715. The highest BCUT2D eigenvalue weighted by atomic mass is 79.9. The van der Waals surface area contributed by atoms with Crippen LogP contribution in [-0.4, -0.2) is 25.0 Å². The van der Waals surface area contributed by atoms with Crippen LogP contribution in [0.15, 0.2) is 46.9 Å². The largest absolute Gasteiger partial charge is 0.496 e. The van der Waals surface area contributed by atoms with Crippen LogP contribution in [0.25, 0.3) is 0 Å². The second-order valence-electron chi connectivity index (χ2n) is 5.87. The van der Waals surface area contributed by atoms with E-state index in [1.165, 1.54) is 11.1 Å². The van der Waals surface area contributed by atoms with Crippen LogP contribution in [0.4, 0.5) is 0 Å². The third-order valence-corrected chi connectivity index (χ3v) is 5.14. The molecule has 0 aliphatic heterocycles. The second-order valence-corrected chi connectivity index (χ2v) is 6.73. The minimum Gasteiger partial charge on any atom is -0.496 e. The minimum atomic E-state index is 0.0371. The zero-order valence-corrected chi connectivity index (χ0v) is 15.0. The summed E-state index contributed by atoms with van der Waals surface area (Å²) in [6, 6.07) is 14.1. The highest BCUT2D eigenvalue weighted by Crippen LogP contribution is 2.34. The van der Waals surface area contributed by atoms with Crippen LogP contribution in [-0.2, 0) is 6.42 Å². The monoisotopic (exact) mass is 373 g/mol. The number of halogens is 1. The number of hydrogen-bond donors (Lipinski definition) is 0. The molecule has 1 amide bonds. The van der Waals surface area contributed by atoms with E-state index in [4.69, 9.17) is 4.74 Å². The van der Waals surface area contributed by atoms with Gasteiger partial charge in [0.15, 0.2) is 0 Å². The van der Waals surface area contributed by atoms with Crippen LogP contribution in [0.5, 0.6) is 5.75 Å². The van der Waals surface area contributed by atoms with Gasteiger partial charge in [0.25, 0.3) is 5.91 Å². The molecule has 0 saturated heterocycles. The van der Waals surface area contributed by atoms with Gasteiger partial charge >= 0.3 is 0 Å². The first-order valence-electron chi connectivity index (χ1n) is 7.80. The van der Waals surface area contributed by atoms with Crippen molar-refractivity contribution in [3.63, 3.8) is 0 Å². The van der Waals surface area contributed by atoms with Gasteiger partial charge in [0.1, 0.15) is 5.75 Å². The van der Waals surface area contributed by atoms with Gasteiger partial charge in [-0.3, -0.25) is 4.79 Å². The van der Waals surface area contributed by atoms with Gasteiger partial charge in [-0.25, -0.2) is 0 Å². The van der Waals surface area contributed by atoms with E-state index in [-0.39, 0.29) is 11.9 Å². The Morgan fingerprint density at radius 1 is 1.26 bits per heavy atom. The molecule has 1 unspecified atom stereocenters. The summed E-state index contributed by atoms with van der Waals surface area (Å²) >= 11 is 3.45. The molecule has 0 heterocycles. The predicted octanol–water partition coefficient (Wildman–Crippen LogP) is 4.61. The first kappa shape index (κ1) is 16.1. The number of rotatable bonds is 3. The molecule has 1 aliphatic carbocycles. The number of benzene rings is 2. The molecular formula is C19H20BrNO2. The standard InChI is InChI=1S/C19H20BrNO2/c1-21(17-9-5-7-13-6-3-4-8-15(13)17)19(22)14-10-11-18(23-2)16(20)12-14/h3-4,6,8,10-12,17H,5,7,9H2,1-2H3. The minimum absolute atomic E-state index is 0.0371. The SMILES string of the molecule is COc1ccc(C(=O)N(C)C2CCCc3ccccc32)cc1Br. The van der Waals surface area contributed by atoms with Gasteiger partial charge in [0.2, 0.25) is 0 Å². The van der Waals surface area contributed by atoms with Crippen LogP contribution in [0.3, 0.4) is 0 Å². The Morgan fingerprint density at radius 3 is 2.78 bits per heavy atom. The fourth-order valence-electron chi connectivity index (χ4n) is 3.28. The zero-order valence-electron chi connectivity index (χ0n) is 13.4. The van der Waals surface area contributed by atoms with Crippen molar-refractivity contribution in [2.75, 3.05) is 14.2 Å². The lowest BCUT2D eigenvalue weighted by Crippen LogP contribution is -2.33. The molecule has 1 atom stereocenters. The van der Waals surface area contributed by atoms with Gasteiger partial charge in [0.05, 0.1) is 17.6 Å². The van der Waals surface area contributed by atoms with Gasteiger partial charge in [-0.15, -0.1) is 0 Å². The van der Waals surface area contributed by atoms with Crippen LogP contribution >= 0.6 is 15.9 Å². The molecule has 0 spiro atoms. The number of fused-ring (bicyclic) bond motifs is 1. The summed E-state index contributed by atoms with van der Waals surface area (Å²) in [6.07, 6.45) is 3.23. The lowest BCUT2D eigenvalue weighted by atomic mass is 9.87. The smallest absolute Gasteiger partial charge is 0.254 e. The van der Waals surface area contributed by atoms with Crippen molar-refractivity contribution in [2.24, 2.45) is 0 Å². The Morgan fingerprint density at radius 2 is 2.04 bits per heavy atom. The molecule has 0 saturated carbocycles. The van der Waals surface area contributed by atoms with Crippen molar-refractivity contribution in [2.45, 2.75) is 25.3 Å². The molecular weight excluding hydrogens is 354 g/mol. The summed E-state index contributed by atoms with van der Waals surface area (Å²) in [6.45, 7) is 0. The molecule has 0 bridgehead atoms. The molecule has 4 heteroatoms. The van der Waals surface area contributed by atoms with Gasteiger partial charge in [-0.05, 0) is 64.5 Å². The molecule has 3 rings (SSSR count). The van der Waals surface area contributed by atoms with Crippen molar-refractivity contribution in [3.05, 3.63) is 63.6 Å². The fraction of sp³-hybridized carbons (Fsp3) is 0.316. The number of hydrogen-bond acceptors (Lipinski definition) is 2. The fourth-order valence-corrected chi connectivity index (χ4v) is 3.82. The molecule has 3 nitrogen and oxygen atoms in total. The lowest BCUT2D eigenvalue weighted by Gasteiger charge is -2.33. The molecule has 0 aromatic heterocycles. The molecule has 120 valence electrons. The van der Waals surface area contributed by atoms with Crippen molar-refractivity contribution in [3.8, 4) is 5.75 Å². The Balaban J connectivity index is 1.87. The summed E-state index contributed by atoms with van der Waals surface area (Å²) in [7, 11) is 3.51. The third-order valence-electron chi connectivity index (χ3n) is 4.52. The van der Waals surface area contributed by atoms with Crippen LogP contribution < -0.4 is 4.74 Å². The van der Waals surface area contributed by atoms with Gasteiger partial charge < -0.3 is 9.64 Å². The Labute approximate surface area is 145 Å². The summed E-state index contributed by atoms with van der Waals surface area (Å²) in [4.78, 5) is 14.7. The van der Waals surface area contributed by atoms with E-state index in [1.54, 1.807) is 7.11 Å². The highest BCUT2D eigenvalue weighted by molar-refractivity contribution is 9.10. The number of nitrogens with zero attached hydrogens (tertiary/aromatic N) is 1. The van der Waals surface area contributed by atoms with Gasteiger partial charge in [-0.2, -0.15) is 0 Å². The summed E-state index contributed by atoms with van der Waals surface area (Å²) in [5.41, 5.74) is 3.31. The van der Waals surface area contributed by atoms with E-state index in [1.807, 2.05) is 30.1 Å². The average molecular weight is 374 g/mol. The maximum absolute atomic E-state index is 12.9. The average Bonchev–Trinajstić information content (AvgIpc) is 2.60. The van der Waals surface area contributed by atoms with Crippen LogP contribution in [0, 0.1) is 0 Å². The van der Waals surface area contributed by atoms with Gasteiger partial charge in [-0.1, -0.05) is 24.3 Å². The van der Waals surface area contributed by atoms with Crippen molar-refractivity contribution in [1.29, 1.82) is 0 Å². The number of carbonyl (C=O) groups excluding carboxylic acids is 1. The Bertz CT molecular complexity index is 729. The molecule has 1 aliphatic rings. The highest BCUT2D eigenvalue weighted by Gasteiger charge is 2.27. The number of aryl methyl sites for hydroxylation is 1. The van der Waals surface area contributed by atoms with Crippen LogP contribution in [0.1, 0.15) is 40.4 Å². The van der Waals surface area contributed by atoms with Crippen molar-refractivity contribution >= 4 is 21.8 Å². The first-order valence-corrected chi connectivity index (χ1v) is 8.59. The van der Waals surface area contributed by atoms with E-state index >= 15 is 0 Å². The maximum Gasteiger partial charge on any atom is 0.254 e. The normalized spacial score (nSPS) is 16.6. The number of methoxy groups -OCH3 is 1. The number of ether oxygens (including phenoxy) is 1. The van der Waals surface area contributed by atoms with Crippen LogP contribution in [0.2, 0.25) is 0 Å². The van der Waals surface area contributed by atoms with E-state index < -0.39 is 0 Å². The van der Waals surface area contributed by atoms with E-state index in [9.17, 15) is 4.79 Å². The first-order chi connectivity index (χ1) is 11.1. The molecule has 0 radical (unpaired) electrons. The quantitative estimate of drug-likeness (QED) is 0.786. The topological polar surface area (TPSA) is 29.5 Å². The third kappa shape index (κ3) is 3.13. The van der Waals surface area contributed by atoms with E-state index in [2.05, 4.69) is 40.2 Å². The molecule has 2 aromatic carbocycles. The van der Waals surface area contributed by atoms with Crippen molar-refractivity contribution in [1.82, 2.24) is 4.90 Å². The van der Waals surface area contributed by atoms with Crippen molar-refractivity contribution < 1.29 is 9.53 Å². The number of amides is 1. The Hall–Kier alpha value is -1.81. The molecule has 2 aromatic rings.